The van der Waals surface area contributed by atoms with E-state index in [0.29, 0.717) is 42.4 Å². The molecule has 0 atom stereocenters. The Labute approximate surface area is 168 Å². The van der Waals surface area contributed by atoms with Gasteiger partial charge in [0.25, 0.3) is 0 Å². The van der Waals surface area contributed by atoms with Gasteiger partial charge < -0.3 is 15.5 Å². The molecule has 3 rings (SSSR count). The van der Waals surface area contributed by atoms with Crippen molar-refractivity contribution < 1.29 is 9.59 Å². The van der Waals surface area contributed by atoms with Crippen LogP contribution < -0.4 is 15.5 Å². The van der Waals surface area contributed by atoms with Crippen LogP contribution in [0.4, 0.5) is 11.5 Å². The van der Waals surface area contributed by atoms with Gasteiger partial charge >= 0.3 is 11.8 Å². The Hall–Kier alpha value is -3.98. The van der Waals surface area contributed by atoms with Gasteiger partial charge in [-0.25, -0.2) is 9.97 Å². The Morgan fingerprint density at radius 2 is 1.79 bits per heavy atom. The smallest absolute Gasteiger partial charge is 0.313 e. The minimum absolute atomic E-state index is 0.219. The maximum atomic E-state index is 12.1. The summed E-state index contributed by atoms with van der Waals surface area (Å²) in [6.07, 6.45) is 4.64. The summed E-state index contributed by atoms with van der Waals surface area (Å²) >= 11 is 0. The summed E-state index contributed by atoms with van der Waals surface area (Å²) in [5.74, 6) is -0.742. The fraction of sp³-hybridized carbons (Fsp3) is 0.300. The molecule has 1 aliphatic rings. The highest BCUT2D eigenvalue weighted by atomic mass is 16.2. The maximum Gasteiger partial charge on any atom is 0.313 e. The average molecular weight is 389 g/mol. The Bertz CT molecular complexity index is 985. The molecule has 0 unspecified atom stereocenters. The molecule has 2 heterocycles. The first-order valence-corrected chi connectivity index (χ1v) is 9.16. The van der Waals surface area contributed by atoms with Crippen molar-refractivity contribution in [3.63, 3.8) is 0 Å². The minimum Gasteiger partial charge on any atom is -0.354 e. The van der Waals surface area contributed by atoms with Crippen LogP contribution in [0.15, 0.2) is 36.7 Å². The SMILES string of the molecule is N#Cc1ccccc1NC(=O)C(=O)NCC1CCN(c2nccnc2C#N)CC1. The van der Waals surface area contributed by atoms with Crippen molar-refractivity contribution in [3.05, 3.63) is 47.9 Å². The molecule has 0 spiro atoms. The summed E-state index contributed by atoms with van der Waals surface area (Å²) in [4.78, 5) is 34.4. The first-order chi connectivity index (χ1) is 14.1. The van der Waals surface area contributed by atoms with Gasteiger partial charge in [0.15, 0.2) is 11.5 Å². The molecule has 1 aliphatic heterocycles. The number of carbonyl (C=O) groups is 2. The van der Waals surface area contributed by atoms with Crippen molar-refractivity contribution >= 4 is 23.3 Å². The summed E-state index contributed by atoms with van der Waals surface area (Å²) < 4.78 is 0. The van der Waals surface area contributed by atoms with Gasteiger partial charge in [-0.3, -0.25) is 9.59 Å². The fourth-order valence-corrected chi connectivity index (χ4v) is 3.18. The van der Waals surface area contributed by atoms with Gasteiger partial charge in [0.2, 0.25) is 0 Å². The first kappa shape index (κ1) is 19.8. The van der Waals surface area contributed by atoms with E-state index >= 15 is 0 Å². The number of nitrogens with one attached hydrogen (secondary N) is 2. The number of piperidine rings is 1. The monoisotopic (exact) mass is 389 g/mol. The lowest BCUT2D eigenvalue weighted by Gasteiger charge is -2.32. The highest BCUT2D eigenvalue weighted by molar-refractivity contribution is 6.39. The molecule has 9 nitrogen and oxygen atoms in total. The molecule has 0 saturated carbocycles. The van der Waals surface area contributed by atoms with Crippen LogP contribution in [0.1, 0.15) is 24.1 Å². The molecule has 146 valence electrons. The van der Waals surface area contributed by atoms with E-state index in [-0.39, 0.29) is 5.92 Å². The summed E-state index contributed by atoms with van der Waals surface area (Å²) in [6.45, 7) is 1.76. The maximum absolute atomic E-state index is 12.1. The lowest BCUT2D eigenvalue weighted by Crippen LogP contribution is -2.42. The van der Waals surface area contributed by atoms with Gasteiger partial charge in [-0.05, 0) is 30.9 Å². The number of benzene rings is 1. The van der Waals surface area contributed by atoms with Crippen LogP contribution in [0.5, 0.6) is 0 Å². The van der Waals surface area contributed by atoms with Crippen molar-refractivity contribution in [3.8, 4) is 12.1 Å². The van der Waals surface area contributed by atoms with Crippen LogP contribution in [0.2, 0.25) is 0 Å². The molecule has 0 radical (unpaired) electrons. The predicted molar refractivity (Wildman–Crippen MR) is 104 cm³/mol. The lowest BCUT2D eigenvalue weighted by atomic mass is 9.96. The normalized spacial score (nSPS) is 13.8. The summed E-state index contributed by atoms with van der Waals surface area (Å²) in [5, 5.41) is 23.3. The van der Waals surface area contributed by atoms with E-state index in [1.165, 1.54) is 6.20 Å². The number of aromatic nitrogens is 2. The minimum atomic E-state index is -0.802. The highest BCUT2D eigenvalue weighted by Gasteiger charge is 2.24. The number of nitrogens with zero attached hydrogens (tertiary/aromatic N) is 5. The summed E-state index contributed by atoms with van der Waals surface area (Å²) in [5.41, 5.74) is 0.899. The second kappa shape index (κ2) is 9.29. The number of hydrogen-bond donors (Lipinski definition) is 2. The fourth-order valence-electron chi connectivity index (χ4n) is 3.18. The second-order valence-electron chi connectivity index (χ2n) is 6.59. The van der Waals surface area contributed by atoms with Gasteiger partial charge in [-0.15, -0.1) is 0 Å². The van der Waals surface area contributed by atoms with E-state index in [4.69, 9.17) is 10.5 Å². The van der Waals surface area contributed by atoms with Crippen molar-refractivity contribution in [1.82, 2.24) is 15.3 Å². The quantitative estimate of drug-likeness (QED) is 0.750. The zero-order valence-corrected chi connectivity index (χ0v) is 15.6. The Morgan fingerprint density at radius 1 is 1.07 bits per heavy atom. The van der Waals surface area contributed by atoms with Crippen LogP contribution in [0.25, 0.3) is 0 Å². The van der Waals surface area contributed by atoms with Gasteiger partial charge in [0, 0.05) is 32.0 Å². The van der Waals surface area contributed by atoms with E-state index in [0.717, 1.165) is 12.8 Å². The zero-order chi connectivity index (χ0) is 20.6. The molecule has 1 fully saturated rings. The molecule has 1 saturated heterocycles. The van der Waals surface area contributed by atoms with Gasteiger partial charge in [0.05, 0.1) is 11.3 Å². The first-order valence-electron chi connectivity index (χ1n) is 9.16. The highest BCUT2D eigenvalue weighted by Crippen LogP contribution is 2.22. The standard InChI is InChI=1S/C20H19N7O2/c21-11-15-3-1-2-4-16(15)26-20(29)19(28)25-13-14-5-9-27(10-6-14)18-17(12-22)23-7-8-24-18/h1-4,7-8,14H,5-6,9-10,13H2,(H,25,28)(H,26,29). The van der Waals surface area contributed by atoms with Crippen LogP contribution in [-0.2, 0) is 9.59 Å². The molecule has 2 amide bonds. The largest absolute Gasteiger partial charge is 0.354 e. The molecular weight excluding hydrogens is 370 g/mol. The zero-order valence-electron chi connectivity index (χ0n) is 15.6. The third-order valence-electron chi connectivity index (χ3n) is 4.75. The molecule has 0 bridgehead atoms. The molecule has 29 heavy (non-hydrogen) atoms. The summed E-state index contributed by atoms with van der Waals surface area (Å²) in [6, 6.07) is 10.5. The van der Waals surface area contributed by atoms with Gasteiger partial charge in [0.1, 0.15) is 12.1 Å². The lowest BCUT2D eigenvalue weighted by molar-refractivity contribution is -0.136. The van der Waals surface area contributed by atoms with Crippen molar-refractivity contribution in [2.75, 3.05) is 29.9 Å². The van der Waals surface area contributed by atoms with Crippen molar-refractivity contribution in [2.45, 2.75) is 12.8 Å². The van der Waals surface area contributed by atoms with Gasteiger partial charge in [-0.1, -0.05) is 12.1 Å². The third kappa shape index (κ3) is 4.85. The molecule has 0 aliphatic carbocycles. The van der Waals surface area contributed by atoms with E-state index < -0.39 is 11.8 Å². The molecule has 2 aromatic rings. The Kier molecular flexibility index (Phi) is 6.33. The number of nitriles is 2. The number of hydrogen-bond acceptors (Lipinski definition) is 7. The number of anilines is 2. The molecular formula is C20H19N7O2. The van der Waals surface area contributed by atoms with Crippen LogP contribution in [0, 0.1) is 28.6 Å². The van der Waals surface area contributed by atoms with Crippen LogP contribution in [0.3, 0.4) is 0 Å². The summed E-state index contributed by atoms with van der Waals surface area (Å²) in [7, 11) is 0. The molecule has 2 N–H and O–H groups in total. The third-order valence-corrected chi connectivity index (χ3v) is 4.75. The number of para-hydroxylation sites is 1. The number of carbonyl (C=O) groups excluding carboxylic acids is 2. The van der Waals surface area contributed by atoms with Gasteiger partial charge in [-0.2, -0.15) is 10.5 Å². The molecule has 1 aromatic carbocycles. The molecule has 1 aromatic heterocycles. The second-order valence-corrected chi connectivity index (χ2v) is 6.59. The number of rotatable bonds is 4. The predicted octanol–water partition coefficient (Wildman–Crippen LogP) is 1.19. The number of amides is 2. The Morgan fingerprint density at radius 3 is 2.52 bits per heavy atom. The average Bonchev–Trinajstić information content (AvgIpc) is 2.78. The van der Waals surface area contributed by atoms with Crippen molar-refractivity contribution in [2.24, 2.45) is 5.92 Å². The Balaban J connectivity index is 1.48. The molecule has 9 heteroatoms. The topological polar surface area (TPSA) is 135 Å². The van der Waals surface area contributed by atoms with E-state index in [2.05, 4.69) is 20.6 Å². The van der Waals surface area contributed by atoms with E-state index in [1.807, 2.05) is 17.0 Å². The van der Waals surface area contributed by atoms with Crippen molar-refractivity contribution in [1.29, 1.82) is 10.5 Å². The van der Waals surface area contributed by atoms with Crippen LogP contribution >= 0.6 is 0 Å². The van der Waals surface area contributed by atoms with E-state index in [1.54, 1.807) is 30.5 Å². The van der Waals surface area contributed by atoms with E-state index in [9.17, 15) is 9.59 Å². The van der Waals surface area contributed by atoms with Crippen LogP contribution in [-0.4, -0.2) is 41.4 Å².